The average Bonchev–Trinajstić information content (AvgIpc) is 1.64. The van der Waals surface area contributed by atoms with Crippen LogP contribution < -0.4 is 0 Å². The van der Waals surface area contributed by atoms with Crippen LogP contribution in [0.5, 0.6) is 0 Å². The number of alkyl halides is 3. The molecule has 0 bridgehead atoms. The van der Waals surface area contributed by atoms with E-state index < -0.39 is 9.70 Å². The highest BCUT2D eigenvalue weighted by molar-refractivity contribution is 6.76. The second-order valence-corrected chi connectivity index (χ2v) is 3.27. The number of amides is 1. The van der Waals surface area contributed by atoms with Gasteiger partial charge in [0.15, 0.2) is 0 Å². The van der Waals surface area contributed by atoms with Gasteiger partial charge in [-0.1, -0.05) is 34.8 Å². The van der Waals surface area contributed by atoms with Gasteiger partial charge in [-0.2, -0.15) is 0 Å². The molecule has 0 rings (SSSR count). The second-order valence-electron chi connectivity index (χ2n) is 0.992. The Balaban J connectivity index is 4.22. The first-order valence-corrected chi connectivity index (χ1v) is 2.78. The molecule has 4 nitrogen and oxygen atoms in total. The van der Waals surface area contributed by atoms with E-state index in [9.17, 15) is 4.79 Å². The Morgan fingerprint density at radius 1 is 1.56 bits per heavy atom. The van der Waals surface area contributed by atoms with E-state index in [0.717, 1.165) is 0 Å². The van der Waals surface area contributed by atoms with E-state index in [4.69, 9.17) is 40.3 Å². The number of carbonyl (C=O) groups excluding carboxylic acids is 1. The molecule has 0 aliphatic rings. The monoisotopic (exact) mass is 187 g/mol. The zero-order valence-corrected chi connectivity index (χ0v) is 6.15. The van der Waals surface area contributed by atoms with Crippen molar-refractivity contribution in [3.8, 4) is 0 Å². The van der Waals surface area contributed by atoms with E-state index in [2.05, 4.69) is 10.0 Å². The van der Waals surface area contributed by atoms with Gasteiger partial charge in [-0.15, -0.1) is 0 Å². The molecule has 0 spiro atoms. The number of hydrogen-bond acceptors (Lipinski definition) is 1. The third-order valence-electron chi connectivity index (χ3n) is 0.378. The third-order valence-corrected chi connectivity index (χ3v) is 0.863. The van der Waals surface area contributed by atoms with Gasteiger partial charge in [0, 0.05) is 4.91 Å². The van der Waals surface area contributed by atoms with Crippen molar-refractivity contribution in [1.82, 2.24) is 0 Å². The highest BCUT2D eigenvalue weighted by Crippen LogP contribution is 2.27. The highest BCUT2D eigenvalue weighted by atomic mass is 35.6. The van der Waals surface area contributed by atoms with Gasteiger partial charge in [0.1, 0.15) is 0 Å². The average molecular weight is 188 g/mol. The van der Waals surface area contributed by atoms with Crippen molar-refractivity contribution in [2.45, 2.75) is 3.79 Å². The van der Waals surface area contributed by atoms with E-state index in [1.54, 1.807) is 0 Å². The SMILES string of the molecule is [N-]=[N+]=NC(=O)C(Cl)(Cl)Cl. The van der Waals surface area contributed by atoms with Gasteiger partial charge in [0.2, 0.25) is 0 Å². The molecule has 0 aromatic carbocycles. The molecule has 50 valence electrons. The lowest BCUT2D eigenvalue weighted by atomic mass is 10.7. The van der Waals surface area contributed by atoms with Crippen LogP contribution in [0.25, 0.3) is 10.4 Å². The molecular weight excluding hydrogens is 188 g/mol. The zero-order chi connectivity index (χ0) is 7.49. The minimum Gasteiger partial charge on any atom is -0.288 e. The van der Waals surface area contributed by atoms with Crippen LogP contribution in [0.3, 0.4) is 0 Å². The molecule has 0 atom stereocenters. The lowest BCUT2D eigenvalue weighted by Crippen LogP contribution is -2.14. The fraction of sp³-hybridized carbons (Fsp3) is 0.500. The second kappa shape index (κ2) is 3.13. The van der Waals surface area contributed by atoms with Crippen LogP contribution >= 0.6 is 34.8 Å². The number of azide groups is 1. The highest BCUT2D eigenvalue weighted by Gasteiger charge is 2.28. The van der Waals surface area contributed by atoms with Crippen molar-refractivity contribution >= 4 is 40.7 Å². The van der Waals surface area contributed by atoms with E-state index in [1.165, 1.54) is 0 Å². The van der Waals surface area contributed by atoms with Crippen molar-refractivity contribution in [2.75, 3.05) is 0 Å². The standard InChI is InChI=1S/C2Cl3N3O/c3-2(4,5)1(9)7-8-6. The van der Waals surface area contributed by atoms with Gasteiger partial charge in [-0.25, -0.2) is 0 Å². The van der Waals surface area contributed by atoms with Gasteiger partial charge in [0.25, 0.3) is 9.70 Å². The van der Waals surface area contributed by atoms with Crippen molar-refractivity contribution in [1.29, 1.82) is 0 Å². The Labute approximate surface area is 65.3 Å². The largest absolute Gasteiger partial charge is 0.288 e. The number of halogens is 3. The maximum atomic E-state index is 10.2. The molecule has 7 heteroatoms. The maximum absolute atomic E-state index is 10.2. The molecule has 0 N–H and O–H groups in total. The van der Waals surface area contributed by atoms with Gasteiger partial charge < -0.3 is 0 Å². The predicted octanol–water partition coefficient (Wildman–Crippen LogP) is 2.19. The minimum absolute atomic E-state index is 1.13. The van der Waals surface area contributed by atoms with Crippen molar-refractivity contribution in [3.63, 3.8) is 0 Å². The fourth-order valence-electron chi connectivity index (χ4n) is 0.0973. The predicted molar refractivity (Wildman–Crippen MR) is 34.4 cm³/mol. The number of nitrogens with zero attached hydrogens (tertiary/aromatic N) is 3. The quantitative estimate of drug-likeness (QED) is 0.249. The molecule has 1 amide bonds. The summed E-state index contributed by atoms with van der Waals surface area (Å²) < 4.78 is -2.13. The summed E-state index contributed by atoms with van der Waals surface area (Å²) in [6.45, 7) is 0. The zero-order valence-electron chi connectivity index (χ0n) is 3.88. The Bertz CT molecular complexity index is 166. The Hall–Kier alpha value is -0.150. The lowest BCUT2D eigenvalue weighted by Gasteiger charge is -2.01. The molecule has 0 aliphatic carbocycles. The first kappa shape index (κ1) is 8.85. The molecular formula is C2Cl3N3O. The number of rotatable bonds is 0. The Morgan fingerprint density at radius 3 is 2.11 bits per heavy atom. The summed E-state index contributed by atoms with van der Waals surface area (Å²) in [5, 5.41) is 2.54. The van der Waals surface area contributed by atoms with E-state index in [1.807, 2.05) is 0 Å². The van der Waals surface area contributed by atoms with Crippen LogP contribution in [0, 0.1) is 0 Å². The summed E-state index contributed by atoms with van der Waals surface area (Å²) in [5.74, 6) is -1.13. The molecule has 9 heavy (non-hydrogen) atoms. The summed E-state index contributed by atoms with van der Waals surface area (Å²) >= 11 is 14.9. The molecule has 0 aliphatic heterocycles. The van der Waals surface area contributed by atoms with Crippen molar-refractivity contribution in [2.24, 2.45) is 5.11 Å². The van der Waals surface area contributed by atoms with Crippen LogP contribution in [0.1, 0.15) is 0 Å². The lowest BCUT2D eigenvalue weighted by molar-refractivity contribution is -0.117. The maximum Gasteiger partial charge on any atom is 0.270 e. The van der Waals surface area contributed by atoms with E-state index in [-0.39, 0.29) is 0 Å². The molecule has 0 radical (unpaired) electrons. The van der Waals surface area contributed by atoms with Gasteiger partial charge in [0.05, 0.1) is 0 Å². The van der Waals surface area contributed by atoms with Crippen LogP contribution in [0.2, 0.25) is 0 Å². The van der Waals surface area contributed by atoms with Gasteiger partial charge >= 0.3 is 0 Å². The van der Waals surface area contributed by atoms with E-state index >= 15 is 0 Å². The molecule has 0 fully saturated rings. The molecule has 0 aromatic rings. The van der Waals surface area contributed by atoms with Crippen LogP contribution in [-0.2, 0) is 4.79 Å². The Morgan fingerprint density at radius 2 is 2.00 bits per heavy atom. The minimum atomic E-state index is -2.13. The first-order chi connectivity index (χ1) is 3.98. The summed E-state index contributed by atoms with van der Waals surface area (Å²) in [4.78, 5) is 12.4. The van der Waals surface area contributed by atoms with Crippen molar-refractivity contribution < 1.29 is 4.79 Å². The molecule has 0 unspecified atom stereocenters. The first-order valence-electron chi connectivity index (χ1n) is 1.64. The van der Waals surface area contributed by atoms with Crippen LogP contribution in [-0.4, -0.2) is 9.70 Å². The smallest absolute Gasteiger partial charge is 0.270 e. The normalized spacial score (nSPS) is 10.1. The Kier molecular flexibility index (Phi) is 3.08. The van der Waals surface area contributed by atoms with Crippen molar-refractivity contribution in [3.05, 3.63) is 10.4 Å². The van der Waals surface area contributed by atoms with Crippen LogP contribution in [0.4, 0.5) is 0 Å². The third kappa shape index (κ3) is 3.43. The fourth-order valence-corrected chi connectivity index (χ4v) is 0.211. The molecule has 0 aromatic heterocycles. The number of carbonyl (C=O) groups is 1. The van der Waals surface area contributed by atoms with Gasteiger partial charge in [-0.3, -0.25) is 4.79 Å². The van der Waals surface area contributed by atoms with Crippen LogP contribution in [0.15, 0.2) is 5.11 Å². The summed E-state index contributed by atoms with van der Waals surface area (Å²) in [6, 6.07) is 0. The number of hydrogen-bond donors (Lipinski definition) is 0. The summed E-state index contributed by atoms with van der Waals surface area (Å²) in [6.07, 6.45) is 0. The molecule has 0 saturated heterocycles. The summed E-state index contributed by atoms with van der Waals surface area (Å²) in [5.41, 5.74) is 7.66. The van der Waals surface area contributed by atoms with Gasteiger partial charge in [-0.05, 0) is 10.6 Å². The topological polar surface area (TPSA) is 65.8 Å². The molecule has 0 heterocycles. The van der Waals surface area contributed by atoms with E-state index in [0.29, 0.717) is 0 Å². The summed E-state index contributed by atoms with van der Waals surface area (Å²) in [7, 11) is 0. The molecule has 0 saturated carbocycles.